The highest BCUT2D eigenvalue weighted by molar-refractivity contribution is 5.93. The second-order valence-electron chi connectivity index (χ2n) is 9.37. The summed E-state index contributed by atoms with van der Waals surface area (Å²) in [5.41, 5.74) is 4.34. The second-order valence-corrected chi connectivity index (χ2v) is 9.37. The third-order valence-corrected chi connectivity index (χ3v) is 6.38. The number of allylic oxidation sites excluding steroid dienone is 2. The maximum absolute atomic E-state index is 12.8. The van der Waals surface area contributed by atoms with Gasteiger partial charge in [-0.1, -0.05) is 24.3 Å². The first-order valence-electron chi connectivity index (χ1n) is 12.4. The number of hydrogen-bond donors (Lipinski definition) is 1. The average Bonchev–Trinajstić information content (AvgIpc) is 3.52. The van der Waals surface area contributed by atoms with Crippen LogP contribution in [0.4, 0.5) is 0 Å². The second kappa shape index (κ2) is 10.8. The molecule has 0 radical (unpaired) electrons. The average molecular weight is 512 g/mol. The minimum atomic E-state index is -0.449. The topological polar surface area (TPSA) is 91.7 Å². The van der Waals surface area contributed by atoms with Crippen LogP contribution in [-0.2, 0) is 9.59 Å². The van der Waals surface area contributed by atoms with Gasteiger partial charge in [0.25, 0.3) is 0 Å². The van der Waals surface area contributed by atoms with E-state index in [1.165, 1.54) is 20.1 Å². The zero-order valence-corrected chi connectivity index (χ0v) is 21.5. The summed E-state index contributed by atoms with van der Waals surface area (Å²) in [6.07, 6.45) is 12.2. The number of methoxy groups -OCH3 is 1. The van der Waals surface area contributed by atoms with E-state index in [9.17, 15) is 9.59 Å². The van der Waals surface area contributed by atoms with E-state index in [-0.39, 0.29) is 5.91 Å². The van der Waals surface area contributed by atoms with Crippen LogP contribution in [0.5, 0.6) is 17.2 Å². The molecule has 1 fully saturated rings. The number of carbonyl (C=O) groups excluding carboxylic acids is 2. The Morgan fingerprint density at radius 3 is 2.74 bits per heavy atom. The lowest BCUT2D eigenvalue weighted by Crippen LogP contribution is -2.25. The van der Waals surface area contributed by atoms with Crippen LogP contribution in [0.3, 0.4) is 0 Å². The SMILES string of the molecule is COc1ccc(/C=C/C(=O)NC2=CC3CC3C=C2COc2cccc(-n3cnc(C)c3)c2)cc1OC(C)=O. The number of rotatable bonds is 9. The fourth-order valence-corrected chi connectivity index (χ4v) is 4.37. The summed E-state index contributed by atoms with van der Waals surface area (Å²) in [4.78, 5) is 28.5. The number of benzene rings is 2. The number of aromatic nitrogens is 2. The maximum Gasteiger partial charge on any atom is 0.308 e. The van der Waals surface area contributed by atoms with E-state index >= 15 is 0 Å². The van der Waals surface area contributed by atoms with E-state index < -0.39 is 5.97 Å². The summed E-state index contributed by atoms with van der Waals surface area (Å²) in [6, 6.07) is 12.9. The minimum absolute atomic E-state index is 0.261. The largest absolute Gasteiger partial charge is 0.493 e. The molecule has 1 N–H and O–H groups in total. The van der Waals surface area contributed by atoms with Crippen molar-refractivity contribution in [1.82, 2.24) is 14.9 Å². The van der Waals surface area contributed by atoms with E-state index in [1.54, 1.807) is 30.6 Å². The number of nitrogens with one attached hydrogen (secondary N) is 1. The summed E-state index contributed by atoms with van der Waals surface area (Å²) >= 11 is 0. The molecule has 0 bridgehead atoms. The predicted octanol–water partition coefficient (Wildman–Crippen LogP) is 4.78. The van der Waals surface area contributed by atoms with Crippen LogP contribution in [-0.4, -0.2) is 35.1 Å². The quantitative estimate of drug-likeness (QED) is 0.253. The molecule has 2 aliphatic rings. The molecule has 2 aromatic carbocycles. The van der Waals surface area contributed by atoms with Crippen LogP contribution in [0, 0.1) is 18.8 Å². The van der Waals surface area contributed by atoms with Gasteiger partial charge in [0.2, 0.25) is 5.91 Å². The van der Waals surface area contributed by atoms with Crippen LogP contribution < -0.4 is 19.5 Å². The zero-order chi connectivity index (χ0) is 26.6. The highest BCUT2D eigenvalue weighted by Crippen LogP contribution is 2.46. The number of imidazole rings is 1. The first-order valence-corrected chi connectivity index (χ1v) is 12.4. The number of nitrogens with zero attached hydrogens (tertiary/aromatic N) is 2. The summed E-state index contributed by atoms with van der Waals surface area (Å²) in [5.74, 6) is 1.73. The molecule has 0 aliphatic heterocycles. The Kier molecular flexibility index (Phi) is 7.13. The monoisotopic (exact) mass is 511 g/mol. The molecule has 2 unspecified atom stereocenters. The molecule has 38 heavy (non-hydrogen) atoms. The van der Waals surface area contributed by atoms with Crippen LogP contribution >= 0.6 is 0 Å². The molecule has 1 heterocycles. The molecule has 2 aliphatic carbocycles. The lowest BCUT2D eigenvalue weighted by atomic mass is 10.0. The molecule has 5 rings (SSSR count). The predicted molar refractivity (Wildman–Crippen MR) is 143 cm³/mol. The van der Waals surface area contributed by atoms with Crippen LogP contribution in [0.2, 0.25) is 0 Å². The van der Waals surface area contributed by atoms with Crippen molar-refractivity contribution in [3.63, 3.8) is 0 Å². The molecule has 1 aromatic heterocycles. The molecule has 2 atom stereocenters. The van der Waals surface area contributed by atoms with Gasteiger partial charge in [-0.25, -0.2) is 4.98 Å². The number of fused-ring (bicyclic) bond motifs is 1. The summed E-state index contributed by atoms with van der Waals surface area (Å²) in [5, 5.41) is 3.01. The number of hydrogen-bond acceptors (Lipinski definition) is 6. The van der Waals surface area contributed by atoms with Crippen molar-refractivity contribution in [2.24, 2.45) is 11.8 Å². The van der Waals surface area contributed by atoms with Crippen LogP contribution in [0.15, 0.2) is 84.5 Å². The molecule has 8 nitrogen and oxygen atoms in total. The van der Waals surface area contributed by atoms with Gasteiger partial charge in [-0.05, 0) is 61.1 Å². The number of aryl methyl sites for hydroxylation is 1. The molecular formula is C30H29N3O5. The molecular weight excluding hydrogens is 482 g/mol. The normalized spacial score (nSPS) is 17.8. The van der Waals surface area contributed by atoms with Crippen LogP contribution in [0.1, 0.15) is 24.6 Å². The molecule has 8 heteroatoms. The van der Waals surface area contributed by atoms with Gasteiger partial charge in [-0.15, -0.1) is 0 Å². The van der Waals surface area contributed by atoms with E-state index in [1.807, 2.05) is 42.0 Å². The Balaban J connectivity index is 1.23. The third kappa shape index (κ3) is 6.03. The number of amides is 1. The van der Waals surface area contributed by atoms with Gasteiger partial charge >= 0.3 is 5.97 Å². The Labute approximate surface area is 221 Å². The van der Waals surface area contributed by atoms with Gasteiger partial charge in [0.15, 0.2) is 11.5 Å². The van der Waals surface area contributed by atoms with Gasteiger partial charge in [0.05, 0.1) is 24.8 Å². The Morgan fingerprint density at radius 2 is 1.97 bits per heavy atom. The van der Waals surface area contributed by atoms with Gasteiger partial charge < -0.3 is 24.1 Å². The summed E-state index contributed by atoms with van der Waals surface area (Å²) in [6.45, 7) is 3.62. The Morgan fingerprint density at radius 1 is 1.13 bits per heavy atom. The zero-order valence-electron chi connectivity index (χ0n) is 21.5. The standard InChI is InChI=1S/C30H29N3O5/c1-19-16-33(18-31-19)25-5-4-6-26(15-25)37-17-24-13-22-12-23(22)14-27(24)32-30(35)10-8-21-7-9-28(36-3)29(11-21)38-20(2)34/h4-11,13-16,18,22-23H,12,17H2,1-3H3,(H,32,35)/b10-8+. The molecule has 1 amide bonds. The lowest BCUT2D eigenvalue weighted by molar-refractivity contribution is -0.132. The Bertz CT molecular complexity index is 1470. The first kappa shape index (κ1) is 25.1. The van der Waals surface area contributed by atoms with Crippen molar-refractivity contribution in [2.45, 2.75) is 20.3 Å². The molecule has 0 saturated heterocycles. The third-order valence-electron chi connectivity index (χ3n) is 6.38. The van der Waals surface area contributed by atoms with Gasteiger partial charge in [0.1, 0.15) is 12.4 Å². The maximum atomic E-state index is 12.8. The van der Waals surface area contributed by atoms with E-state index in [4.69, 9.17) is 14.2 Å². The number of ether oxygens (including phenoxy) is 3. The van der Waals surface area contributed by atoms with E-state index in [0.717, 1.165) is 34.8 Å². The van der Waals surface area contributed by atoms with Crippen molar-refractivity contribution in [1.29, 1.82) is 0 Å². The van der Waals surface area contributed by atoms with E-state index in [0.29, 0.717) is 35.5 Å². The van der Waals surface area contributed by atoms with Gasteiger partial charge in [-0.2, -0.15) is 0 Å². The number of esters is 1. The van der Waals surface area contributed by atoms with Crippen molar-refractivity contribution in [2.75, 3.05) is 13.7 Å². The molecule has 1 saturated carbocycles. The van der Waals surface area contributed by atoms with Gasteiger partial charge in [-0.3, -0.25) is 9.59 Å². The van der Waals surface area contributed by atoms with Crippen LogP contribution in [0.25, 0.3) is 11.8 Å². The summed E-state index contributed by atoms with van der Waals surface area (Å²) < 4.78 is 18.5. The highest BCUT2D eigenvalue weighted by atomic mass is 16.6. The highest BCUT2D eigenvalue weighted by Gasteiger charge is 2.37. The molecule has 194 valence electrons. The van der Waals surface area contributed by atoms with Crippen molar-refractivity contribution < 1.29 is 23.8 Å². The van der Waals surface area contributed by atoms with E-state index in [2.05, 4.69) is 22.5 Å². The fourth-order valence-electron chi connectivity index (χ4n) is 4.37. The lowest BCUT2D eigenvalue weighted by Gasteiger charge is -2.17. The smallest absolute Gasteiger partial charge is 0.308 e. The summed E-state index contributed by atoms with van der Waals surface area (Å²) in [7, 11) is 1.50. The van der Waals surface area contributed by atoms with Crippen molar-refractivity contribution >= 4 is 18.0 Å². The number of carbonyl (C=O) groups is 2. The fraction of sp³-hybridized carbons (Fsp3) is 0.233. The Hall–Kier alpha value is -4.59. The molecule has 3 aromatic rings. The molecule has 0 spiro atoms. The van der Waals surface area contributed by atoms with Gasteiger partial charge in [0, 0.05) is 36.5 Å². The minimum Gasteiger partial charge on any atom is -0.493 e. The van der Waals surface area contributed by atoms with Crippen molar-refractivity contribution in [3.8, 4) is 22.9 Å². The van der Waals surface area contributed by atoms with Crippen molar-refractivity contribution in [3.05, 3.63) is 95.7 Å². The first-order chi connectivity index (χ1) is 18.4.